The van der Waals surface area contributed by atoms with E-state index >= 15 is 0 Å². The Morgan fingerprint density at radius 2 is 0.653 bits per heavy atom. The molecular formula is C90H79BN4. The molecule has 18 rings (SSSR count). The number of rotatable bonds is 7. The van der Waals surface area contributed by atoms with Crippen LogP contribution in [0.15, 0.2) is 255 Å². The molecule has 4 heterocycles. The van der Waals surface area contributed by atoms with Gasteiger partial charge in [-0.2, -0.15) is 0 Å². The Morgan fingerprint density at radius 3 is 1.11 bits per heavy atom. The summed E-state index contributed by atoms with van der Waals surface area (Å²) < 4.78 is 5.01. The van der Waals surface area contributed by atoms with Gasteiger partial charge in [-0.3, -0.25) is 0 Å². The fourth-order valence-corrected chi connectivity index (χ4v) is 18.5. The molecule has 2 aromatic heterocycles. The average molecular weight is 1230 g/mol. The van der Waals surface area contributed by atoms with Crippen LogP contribution in [0.5, 0.6) is 0 Å². The van der Waals surface area contributed by atoms with Crippen LogP contribution in [0, 0.1) is 0 Å². The number of hydrogen-bond donors (Lipinski definition) is 0. The van der Waals surface area contributed by atoms with Gasteiger partial charge in [0, 0.05) is 61.4 Å². The van der Waals surface area contributed by atoms with Crippen molar-refractivity contribution in [2.45, 2.75) is 116 Å². The van der Waals surface area contributed by atoms with Crippen LogP contribution < -0.4 is 26.2 Å². The number of benzene rings is 12. The van der Waals surface area contributed by atoms with Crippen molar-refractivity contribution in [1.82, 2.24) is 9.13 Å². The van der Waals surface area contributed by atoms with Gasteiger partial charge in [-0.25, -0.2) is 0 Å². The second kappa shape index (κ2) is 20.2. The Balaban J connectivity index is 0.913. The van der Waals surface area contributed by atoms with Gasteiger partial charge in [0.1, 0.15) is 0 Å². The van der Waals surface area contributed by atoms with Crippen molar-refractivity contribution in [1.29, 1.82) is 0 Å². The third-order valence-electron chi connectivity index (χ3n) is 22.4. The molecule has 0 amide bonds. The summed E-state index contributed by atoms with van der Waals surface area (Å²) in [4.78, 5) is 5.22. The summed E-state index contributed by atoms with van der Waals surface area (Å²) in [6, 6.07) is 98.4. The van der Waals surface area contributed by atoms with Gasteiger partial charge in [-0.15, -0.1) is 0 Å². The first kappa shape index (κ1) is 57.6. The van der Waals surface area contributed by atoms with Crippen LogP contribution in [0.1, 0.15) is 117 Å². The predicted molar refractivity (Wildman–Crippen MR) is 405 cm³/mol. The van der Waals surface area contributed by atoms with E-state index in [-0.39, 0.29) is 33.8 Å². The molecule has 0 unspecified atom stereocenters. The van der Waals surface area contributed by atoms with E-state index < -0.39 is 0 Å². The fraction of sp³-hybridized carbons (Fsp3) is 0.200. The molecule has 14 aromatic rings. The number of aromatic nitrogens is 2. The quantitative estimate of drug-likeness (QED) is 0.148. The van der Waals surface area contributed by atoms with E-state index in [1.807, 2.05) is 0 Å². The highest BCUT2D eigenvalue weighted by Gasteiger charge is 2.46. The molecular weight excluding hydrogens is 1150 g/mol. The van der Waals surface area contributed by atoms with Crippen molar-refractivity contribution in [3.63, 3.8) is 0 Å². The molecule has 0 saturated carbocycles. The van der Waals surface area contributed by atoms with Gasteiger partial charge in [-0.1, -0.05) is 252 Å². The molecule has 0 N–H and O–H groups in total. The van der Waals surface area contributed by atoms with Crippen molar-refractivity contribution >= 4 is 101 Å². The van der Waals surface area contributed by atoms with Crippen LogP contribution >= 0.6 is 0 Å². The molecule has 4 nitrogen and oxygen atoms in total. The van der Waals surface area contributed by atoms with E-state index in [1.54, 1.807) is 0 Å². The van der Waals surface area contributed by atoms with E-state index in [2.05, 4.69) is 350 Å². The molecule has 0 bridgehead atoms. The lowest BCUT2D eigenvalue weighted by atomic mass is 9.33. The monoisotopic (exact) mass is 1230 g/mol. The lowest BCUT2D eigenvalue weighted by molar-refractivity contribution is 0.402. The third kappa shape index (κ3) is 8.73. The zero-order valence-electron chi connectivity index (χ0n) is 56.5. The zero-order chi connectivity index (χ0) is 64.8. The Kier molecular flexibility index (Phi) is 12.2. The van der Waals surface area contributed by atoms with Crippen LogP contribution in [0.3, 0.4) is 0 Å². The topological polar surface area (TPSA) is 16.3 Å². The highest BCUT2D eigenvalue weighted by Crippen LogP contribution is 2.53. The number of nitrogens with zero attached hydrogens (tertiary/aromatic N) is 4. The van der Waals surface area contributed by atoms with Gasteiger partial charge in [0.2, 0.25) is 0 Å². The van der Waals surface area contributed by atoms with Crippen LogP contribution in [-0.4, -0.2) is 15.8 Å². The first-order valence-electron chi connectivity index (χ1n) is 34.3. The van der Waals surface area contributed by atoms with Gasteiger partial charge in [0.25, 0.3) is 6.71 Å². The number of fused-ring (bicyclic) bond motifs is 12. The molecule has 462 valence electrons. The molecule has 0 radical (unpaired) electrons. The van der Waals surface area contributed by atoms with E-state index in [1.165, 1.54) is 127 Å². The van der Waals surface area contributed by atoms with Crippen LogP contribution in [0.4, 0.5) is 34.1 Å². The summed E-state index contributed by atoms with van der Waals surface area (Å²) in [5, 5.41) is 4.96. The van der Waals surface area contributed by atoms with Crippen molar-refractivity contribution < 1.29 is 0 Å². The van der Waals surface area contributed by atoms with E-state index in [9.17, 15) is 0 Å². The van der Waals surface area contributed by atoms with Gasteiger partial charge in [0.05, 0.1) is 27.8 Å². The molecule has 2 aliphatic carbocycles. The van der Waals surface area contributed by atoms with Crippen LogP contribution in [0.25, 0.3) is 88.4 Å². The maximum atomic E-state index is 2.62. The molecule has 5 heteroatoms. The minimum absolute atomic E-state index is 0.0307. The molecule has 12 aromatic carbocycles. The summed E-state index contributed by atoms with van der Waals surface area (Å²) in [7, 11) is 0. The minimum Gasteiger partial charge on any atom is -0.311 e. The van der Waals surface area contributed by atoms with Crippen molar-refractivity contribution in [3.8, 4) is 44.8 Å². The largest absolute Gasteiger partial charge is 0.311 e. The second-order valence-electron chi connectivity index (χ2n) is 31.6. The molecule has 4 aliphatic rings. The van der Waals surface area contributed by atoms with E-state index in [4.69, 9.17) is 0 Å². The molecule has 0 spiro atoms. The van der Waals surface area contributed by atoms with Crippen molar-refractivity contribution in [2.75, 3.05) is 9.80 Å². The normalized spacial score (nSPS) is 16.1. The second-order valence-corrected chi connectivity index (χ2v) is 31.6. The molecule has 0 fully saturated rings. The number of anilines is 6. The van der Waals surface area contributed by atoms with Crippen LogP contribution in [-0.2, 0) is 27.1 Å². The molecule has 95 heavy (non-hydrogen) atoms. The standard InChI is InChI=1S/C90H79BN4/c1-86(2,3)62-37-28-56(29-38-62)61-36-47-81-76(50-61)91-75-46-43-65(94-77-24-16-12-20-67(77)68-21-13-17-25-78(68)94)51-82(75)93(64-41-32-58(33-42-64)60-35-45-72-74(49-60)90(10,11)55-88(72,6)7)84-53-66(95-79-26-18-14-22-69(79)70-23-15-19-27-80(70)95)52-83(85(84)91)92(81)63-39-30-57(31-40-63)59-34-44-71-73(48-59)89(8,9)54-87(71,4)5/h12-53H,54-55H2,1-11H3. The third-order valence-corrected chi connectivity index (χ3v) is 22.4. The predicted octanol–water partition coefficient (Wildman–Crippen LogP) is 22.2. The van der Waals surface area contributed by atoms with E-state index in [0.29, 0.717) is 0 Å². The van der Waals surface area contributed by atoms with Crippen molar-refractivity contribution in [2.24, 2.45) is 0 Å². The summed E-state index contributed by atoms with van der Waals surface area (Å²) >= 11 is 0. The summed E-state index contributed by atoms with van der Waals surface area (Å²) in [5.41, 5.74) is 32.7. The Morgan fingerprint density at radius 1 is 0.295 bits per heavy atom. The fourth-order valence-electron chi connectivity index (χ4n) is 18.5. The molecule has 0 saturated heterocycles. The van der Waals surface area contributed by atoms with Crippen LogP contribution in [0.2, 0.25) is 0 Å². The highest BCUT2D eigenvalue weighted by atomic mass is 15.2. The Hall–Kier alpha value is -10.1. The average Bonchev–Trinajstić information content (AvgIpc) is 1.47. The number of para-hydroxylation sites is 4. The first-order valence-corrected chi connectivity index (χ1v) is 34.3. The molecule has 2 aliphatic heterocycles. The lowest BCUT2D eigenvalue weighted by Gasteiger charge is -2.44. The highest BCUT2D eigenvalue weighted by molar-refractivity contribution is 7.00. The minimum atomic E-state index is -0.151. The lowest BCUT2D eigenvalue weighted by Crippen LogP contribution is -2.61. The SMILES string of the molecule is CC(C)(C)c1ccc(-c2ccc3c(c2)B2c4ccc(-n5c6ccccc6c6ccccc65)cc4N(c4ccc(-c5ccc6c(c5)C(C)(C)CC6(C)C)cc4)c4cc(-n5c6ccccc6c6ccccc65)cc(c42)N3c2ccc(-c3ccc4c(c3)C(C)(C)CC4(C)C)cc2)cc1. The maximum Gasteiger partial charge on any atom is 0.252 e. The van der Waals surface area contributed by atoms with Gasteiger partial charge >= 0.3 is 0 Å². The smallest absolute Gasteiger partial charge is 0.252 e. The Labute approximate surface area is 559 Å². The summed E-state index contributed by atoms with van der Waals surface area (Å²) in [5.74, 6) is 0. The first-order chi connectivity index (χ1) is 45.7. The summed E-state index contributed by atoms with van der Waals surface area (Å²) in [6.45, 7) is 26.1. The zero-order valence-corrected chi connectivity index (χ0v) is 56.5. The molecule has 0 atom stereocenters. The number of hydrogen-bond acceptors (Lipinski definition) is 2. The van der Waals surface area contributed by atoms with Gasteiger partial charge in [-0.05, 0) is 196 Å². The van der Waals surface area contributed by atoms with Gasteiger partial charge < -0.3 is 18.9 Å². The maximum absolute atomic E-state index is 2.62. The van der Waals surface area contributed by atoms with E-state index in [0.717, 1.165) is 52.7 Å². The van der Waals surface area contributed by atoms with Gasteiger partial charge in [0.15, 0.2) is 0 Å². The van der Waals surface area contributed by atoms with Crippen molar-refractivity contribution in [3.05, 3.63) is 283 Å². The Bertz CT molecular complexity index is 5420. The summed E-state index contributed by atoms with van der Waals surface area (Å²) in [6.07, 6.45) is 2.27.